The summed E-state index contributed by atoms with van der Waals surface area (Å²) in [6.45, 7) is 5.28. The molecule has 1 aliphatic rings. The van der Waals surface area contributed by atoms with E-state index in [2.05, 4.69) is 9.88 Å². The minimum Gasteiger partial charge on any atom is -0.481 e. The standard InChI is InChI=1S/C25H32N4O4/c1-20(30)29-17-7-15-27(19-22-9-4-5-13-26-22)14-6-16-28(24(31)11-12-25(32)33)18-21-8-2-3-10-23(21)29/h2-5,8-10,13H,6-7,11-12,14-19H2,1H3,(H,32,33). The van der Waals surface area contributed by atoms with Crippen LogP contribution in [0.2, 0.25) is 0 Å². The quantitative estimate of drug-likeness (QED) is 0.750. The summed E-state index contributed by atoms with van der Waals surface area (Å²) < 4.78 is 0. The number of carbonyl (C=O) groups excluding carboxylic acids is 2. The van der Waals surface area contributed by atoms with E-state index in [1.165, 1.54) is 0 Å². The van der Waals surface area contributed by atoms with Crippen molar-refractivity contribution in [2.24, 2.45) is 0 Å². The molecule has 2 aromatic rings. The Hall–Kier alpha value is -3.26. The Balaban J connectivity index is 1.84. The summed E-state index contributed by atoms with van der Waals surface area (Å²) in [7, 11) is 0. The number of rotatable bonds is 5. The number of para-hydroxylation sites is 1. The van der Waals surface area contributed by atoms with Gasteiger partial charge in [-0.2, -0.15) is 0 Å². The van der Waals surface area contributed by atoms with E-state index in [1.54, 1.807) is 22.9 Å². The summed E-state index contributed by atoms with van der Waals surface area (Å²) in [5, 5.41) is 9.01. The maximum absolute atomic E-state index is 12.9. The zero-order valence-electron chi connectivity index (χ0n) is 19.2. The van der Waals surface area contributed by atoms with Crippen molar-refractivity contribution in [1.29, 1.82) is 0 Å². The largest absolute Gasteiger partial charge is 0.481 e. The molecule has 2 amide bonds. The van der Waals surface area contributed by atoms with Gasteiger partial charge in [0.2, 0.25) is 11.8 Å². The van der Waals surface area contributed by atoms with Crippen LogP contribution in [0.4, 0.5) is 5.69 Å². The van der Waals surface area contributed by atoms with E-state index in [1.807, 2.05) is 42.5 Å². The second-order valence-corrected chi connectivity index (χ2v) is 8.31. The molecule has 0 spiro atoms. The first-order valence-electron chi connectivity index (χ1n) is 11.4. The minimum absolute atomic E-state index is 0.0361. The van der Waals surface area contributed by atoms with Crippen molar-refractivity contribution < 1.29 is 19.5 Å². The molecule has 0 radical (unpaired) electrons. The summed E-state index contributed by atoms with van der Waals surface area (Å²) in [4.78, 5) is 46.6. The Morgan fingerprint density at radius 2 is 1.67 bits per heavy atom. The molecular weight excluding hydrogens is 420 g/mol. The van der Waals surface area contributed by atoms with Gasteiger partial charge in [-0.15, -0.1) is 0 Å². The maximum Gasteiger partial charge on any atom is 0.303 e. The summed E-state index contributed by atoms with van der Waals surface area (Å²) in [5.74, 6) is -1.21. The Bertz CT molecular complexity index is 950. The molecule has 176 valence electrons. The number of carbonyl (C=O) groups is 3. The van der Waals surface area contributed by atoms with Crippen molar-refractivity contribution in [2.45, 2.75) is 45.7 Å². The fraction of sp³-hybridized carbons (Fsp3) is 0.440. The smallest absolute Gasteiger partial charge is 0.303 e. The minimum atomic E-state index is -0.984. The van der Waals surface area contributed by atoms with Gasteiger partial charge in [0.1, 0.15) is 0 Å². The number of aromatic nitrogens is 1. The van der Waals surface area contributed by atoms with Crippen molar-refractivity contribution in [1.82, 2.24) is 14.8 Å². The molecule has 33 heavy (non-hydrogen) atoms. The molecule has 8 nitrogen and oxygen atoms in total. The summed E-state index contributed by atoms with van der Waals surface area (Å²) in [6, 6.07) is 13.5. The SMILES string of the molecule is CC(=O)N1CCCN(Cc2ccccn2)CCCN(C(=O)CCC(=O)O)Cc2ccccc21. The summed E-state index contributed by atoms with van der Waals surface area (Å²) in [5.41, 5.74) is 2.67. The predicted octanol–water partition coefficient (Wildman–Crippen LogP) is 2.92. The summed E-state index contributed by atoms with van der Waals surface area (Å²) >= 11 is 0. The highest BCUT2D eigenvalue weighted by Gasteiger charge is 2.21. The molecule has 1 aromatic carbocycles. The highest BCUT2D eigenvalue weighted by Crippen LogP contribution is 2.24. The van der Waals surface area contributed by atoms with Crippen molar-refractivity contribution >= 4 is 23.5 Å². The molecule has 2 heterocycles. The van der Waals surface area contributed by atoms with Crippen LogP contribution < -0.4 is 4.90 Å². The average molecular weight is 453 g/mol. The van der Waals surface area contributed by atoms with E-state index in [9.17, 15) is 14.4 Å². The zero-order valence-corrected chi connectivity index (χ0v) is 19.2. The lowest BCUT2D eigenvalue weighted by molar-refractivity contribution is -0.141. The second kappa shape index (κ2) is 12.1. The first-order valence-corrected chi connectivity index (χ1v) is 11.4. The van der Waals surface area contributed by atoms with E-state index in [-0.39, 0.29) is 24.7 Å². The number of benzene rings is 1. The molecular formula is C25H32N4O4. The number of hydrogen-bond donors (Lipinski definition) is 1. The topological polar surface area (TPSA) is 94.1 Å². The third kappa shape index (κ3) is 7.39. The fourth-order valence-corrected chi connectivity index (χ4v) is 4.15. The van der Waals surface area contributed by atoms with Gasteiger partial charge in [-0.25, -0.2) is 0 Å². The maximum atomic E-state index is 12.9. The molecule has 0 unspecified atom stereocenters. The Morgan fingerprint density at radius 3 is 2.36 bits per heavy atom. The molecule has 0 atom stereocenters. The highest BCUT2D eigenvalue weighted by atomic mass is 16.4. The number of aliphatic carboxylic acids is 1. The van der Waals surface area contributed by atoms with Crippen LogP contribution in [0.15, 0.2) is 48.7 Å². The van der Waals surface area contributed by atoms with E-state index < -0.39 is 5.97 Å². The first kappa shape index (κ1) is 24.4. The number of carboxylic acids is 1. The third-order valence-corrected chi connectivity index (χ3v) is 5.80. The van der Waals surface area contributed by atoms with Crippen LogP contribution in [-0.4, -0.2) is 63.9 Å². The molecule has 0 fully saturated rings. The van der Waals surface area contributed by atoms with Gasteiger partial charge in [-0.1, -0.05) is 24.3 Å². The van der Waals surface area contributed by atoms with Gasteiger partial charge in [-0.3, -0.25) is 24.3 Å². The van der Waals surface area contributed by atoms with Gasteiger partial charge >= 0.3 is 5.97 Å². The Labute approximate surface area is 194 Å². The number of hydrogen-bond acceptors (Lipinski definition) is 5. The van der Waals surface area contributed by atoms with E-state index in [4.69, 9.17) is 5.11 Å². The summed E-state index contributed by atoms with van der Waals surface area (Å²) in [6.07, 6.45) is 3.14. The Morgan fingerprint density at radius 1 is 0.939 bits per heavy atom. The number of anilines is 1. The van der Waals surface area contributed by atoms with Crippen LogP contribution in [0.5, 0.6) is 0 Å². The van der Waals surface area contributed by atoms with Crippen LogP contribution in [0.3, 0.4) is 0 Å². The molecule has 3 rings (SSSR count). The lowest BCUT2D eigenvalue weighted by Gasteiger charge is -2.31. The lowest BCUT2D eigenvalue weighted by atomic mass is 10.1. The van der Waals surface area contributed by atoms with Crippen LogP contribution in [0, 0.1) is 0 Å². The number of nitrogens with zero attached hydrogens (tertiary/aromatic N) is 4. The predicted molar refractivity (Wildman–Crippen MR) is 126 cm³/mol. The number of fused-ring (bicyclic) bond motifs is 1. The number of carboxylic acid groups (broad SMARTS) is 1. The van der Waals surface area contributed by atoms with Crippen molar-refractivity contribution in [3.63, 3.8) is 0 Å². The molecule has 1 N–H and O–H groups in total. The van der Waals surface area contributed by atoms with Gasteiger partial charge in [-0.05, 0) is 36.6 Å². The molecule has 8 heteroatoms. The van der Waals surface area contributed by atoms with E-state index in [0.29, 0.717) is 26.2 Å². The first-order chi connectivity index (χ1) is 15.9. The van der Waals surface area contributed by atoms with Gasteiger partial charge in [0, 0.05) is 64.5 Å². The van der Waals surface area contributed by atoms with Gasteiger partial charge in [0.25, 0.3) is 0 Å². The van der Waals surface area contributed by atoms with Gasteiger partial charge in [0.15, 0.2) is 0 Å². The van der Waals surface area contributed by atoms with Crippen LogP contribution in [-0.2, 0) is 27.5 Å². The molecule has 0 aliphatic carbocycles. The van der Waals surface area contributed by atoms with Crippen molar-refractivity contribution in [2.75, 3.05) is 31.1 Å². The fourth-order valence-electron chi connectivity index (χ4n) is 4.15. The third-order valence-electron chi connectivity index (χ3n) is 5.80. The van der Waals surface area contributed by atoms with E-state index >= 15 is 0 Å². The second-order valence-electron chi connectivity index (χ2n) is 8.31. The van der Waals surface area contributed by atoms with Crippen LogP contribution >= 0.6 is 0 Å². The normalized spacial score (nSPS) is 15.8. The van der Waals surface area contributed by atoms with Gasteiger partial charge < -0.3 is 14.9 Å². The van der Waals surface area contributed by atoms with Gasteiger partial charge in [0.05, 0.1) is 12.1 Å². The molecule has 0 saturated carbocycles. The molecule has 1 aromatic heterocycles. The lowest BCUT2D eigenvalue weighted by Crippen LogP contribution is -2.38. The van der Waals surface area contributed by atoms with E-state index in [0.717, 1.165) is 42.9 Å². The van der Waals surface area contributed by atoms with Crippen molar-refractivity contribution in [3.8, 4) is 0 Å². The Kier molecular flexibility index (Phi) is 8.95. The van der Waals surface area contributed by atoms with Crippen molar-refractivity contribution in [3.05, 3.63) is 59.9 Å². The average Bonchev–Trinajstić information content (AvgIpc) is 2.79. The number of amides is 2. The molecule has 0 bridgehead atoms. The molecule has 1 aliphatic heterocycles. The monoisotopic (exact) mass is 452 g/mol. The van der Waals surface area contributed by atoms with Crippen LogP contribution in [0.25, 0.3) is 0 Å². The zero-order chi connectivity index (χ0) is 23.6. The van der Waals surface area contributed by atoms with Crippen LogP contribution in [0.1, 0.15) is 43.9 Å². The highest BCUT2D eigenvalue weighted by molar-refractivity contribution is 5.92. The molecule has 0 saturated heterocycles. The number of pyridine rings is 1.